The number of halogens is 1. The van der Waals surface area contributed by atoms with E-state index in [1.54, 1.807) is 17.7 Å². The van der Waals surface area contributed by atoms with E-state index in [4.69, 9.17) is 4.98 Å². The van der Waals surface area contributed by atoms with Gasteiger partial charge in [-0.1, -0.05) is 29.6 Å². The fourth-order valence-corrected chi connectivity index (χ4v) is 4.45. The molecule has 27 heavy (non-hydrogen) atoms. The molecule has 5 rings (SSSR count). The van der Waals surface area contributed by atoms with Crippen molar-refractivity contribution in [3.8, 4) is 0 Å². The predicted octanol–water partition coefficient (Wildman–Crippen LogP) is 4.75. The Hall–Kier alpha value is -2.80. The molecule has 4 aromatic rings. The average molecular weight is 379 g/mol. The number of allylic oxidation sites excluding steroid dienone is 1. The van der Waals surface area contributed by atoms with Crippen LogP contribution in [0.5, 0.6) is 0 Å². The molecule has 1 unspecified atom stereocenters. The molecular weight excluding hydrogens is 361 g/mol. The van der Waals surface area contributed by atoms with E-state index in [0.29, 0.717) is 23.8 Å². The number of rotatable bonds is 4. The van der Waals surface area contributed by atoms with Crippen LogP contribution in [0.2, 0.25) is 0 Å². The molecular formula is C20H18FN5S. The molecule has 0 bridgehead atoms. The summed E-state index contributed by atoms with van der Waals surface area (Å²) < 4.78 is 16.4. The minimum absolute atomic E-state index is 0.369. The van der Waals surface area contributed by atoms with E-state index in [9.17, 15) is 4.39 Å². The van der Waals surface area contributed by atoms with Gasteiger partial charge in [0.15, 0.2) is 10.8 Å². The third kappa shape index (κ3) is 3.30. The minimum atomic E-state index is -0.369. The second-order valence-corrected chi connectivity index (χ2v) is 7.83. The number of benzene rings is 1. The fraction of sp³-hybridized carbons (Fsp3) is 0.250. The largest absolute Gasteiger partial charge is 0.355 e. The average Bonchev–Trinajstić information content (AvgIpc) is 3.25. The molecule has 1 atom stereocenters. The Morgan fingerprint density at radius 3 is 3.07 bits per heavy atom. The zero-order valence-corrected chi connectivity index (χ0v) is 15.4. The maximum absolute atomic E-state index is 13.3. The molecule has 0 amide bonds. The molecule has 0 spiro atoms. The molecule has 5 nitrogen and oxygen atoms in total. The second kappa shape index (κ2) is 6.74. The highest BCUT2D eigenvalue weighted by atomic mass is 32.1. The third-order valence-corrected chi connectivity index (χ3v) is 5.74. The molecule has 0 saturated carbocycles. The summed E-state index contributed by atoms with van der Waals surface area (Å²) in [4.78, 5) is 13.1. The Morgan fingerprint density at radius 2 is 2.19 bits per heavy atom. The summed E-state index contributed by atoms with van der Waals surface area (Å²) in [5, 5.41) is 4.49. The lowest BCUT2D eigenvalue weighted by molar-refractivity contribution is 0.623. The summed E-state index contributed by atoms with van der Waals surface area (Å²) in [6.45, 7) is 0.636. The van der Waals surface area contributed by atoms with Gasteiger partial charge in [0.25, 0.3) is 0 Å². The van der Waals surface area contributed by atoms with E-state index < -0.39 is 0 Å². The van der Waals surface area contributed by atoms with Gasteiger partial charge in [-0.25, -0.2) is 19.3 Å². The van der Waals surface area contributed by atoms with Crippen molar-refractivity contribution in [1.29, 1.82) is 0 Å². The van der Waals surface area contributed by atoms with Gasteiger partial charge in [0.2, 0.25) is 0 Å². The lowest BCUT2D eigenvalue weighted by Crippen LogP contribution is -2.18. The van der Waals surface area contributed by atoms with Crippen LogP contribution in [0.1, 0.15) is 24.8 Å². The zero-order chi connectivity index (χ0) is 18.2. The lowest BCUT2D eigenvalue weighted by atomic mass is 10.0. The van der Waals surface area contributed by atoms with Crippen molar-refractivity contribution in [2.75, 3.05) is 5.32 Å². The van der Waals surface area contributed by atoms with Crippen LogP contribution < -0.4 is 5.32 Å². The first-order valence-corrected chi connectivity index (χ1v) is 9.85. The number of hydrogen-bond donors (Lipinski definition) is 1. The van der Waals surface area contributed by atoms with E-state index in [1.807, 2.05) is 4.57 Å². The van der Waals surface area contributed by atoms with Gasteiger partial charge in [-0.05, 0) is 37.0 Å². The van der Waals surface area contributed by atoms with Crippen LogP contribution in [0.15, 0.2) is 48.9 Å². The quantitative estimate of drug-likeness (QED) is 0.520. The Morgan fingerprint density at radius 1 is 1.22 bits per heavy atom. The van der Waals surface area contributed by atoms with Crippen LogP contribution in [-0.2, 0) is 6.54 Å². The molecule has 1 N–H and O–H groups in total. The summed E-state index contributed by atoms with van der Waals surface area (Å²) in [5.41, 5.74) is 3.40. The number of imidazole rings is 1. The molecule has 136 valence electrons. The van der Waals surface area contributed by atoms with Crippen LogP contribution in [0, 0.1) is 5.82 Å². The molecule has 3 heterocycles. The number of aromatic nitrogens is 4. The molecule has 3 aromatic heterocycles. The maximum Gasteiger partial charge on any atom is 0.184 e. The van der Waals surface area contributed by atoms with E-state index in [-0.39, 0.29) is 5.82 Å². The van der Waals surface area contributed by atoms with Crippen LogP contribution in [0.25, 0.3) is 21.4 Å². The van der Waals surface area contributed by atoms with Crippen molar-refractivity contribution >= 4 is 37.8 Å². The van der Waals surface area contributed by atoms with Crippen LogP contribution >= 0.6 is 11.3 Å². The van der Waals surface area contributed by atoms with Gasteiger partial charge in [0.1, 0.15) is 11.3 Å². The van der Waals surface area contributed by atoms with Crippen molar-refractivity contribution in [3.05, 3.63) is 60.3 Å². The fourth-order valence-electron chi connectivity index (χ4n) is 3.46. The number of nitrogens with one attached hydrogen (secondary N) is 1. The first-order valence-electron chi connectivity index (χ1n) is 9.04. The summed E-state index contributed by atoms with van der Waals surface area (Å²) in [6.07, 6.45) is 11.0. The van der Waals surface area contributed by atoms with Crippen LogP contribution in [0.3, 0.4) is 0 Å². The molecule has 0 radical (unpaired) electrons. The summed E-state index contributed by atoms with van der Waals surface area (Å²) >= 11 is 1.68. The highest BCUT2D eigenvalue weighted by Crippen LogP contribution is 2.29. The molecule has 0 fully saturated rings. The highest BCUT2D eigenvalue weighted by Gasteiger charge is 2.12. The van der Waals surface area contributed by atoms with E-state index >= 15 is 0 Å². The van der Waals surface area contributed by atoms with Crippen molar-refractivity contribution in [3.63, 3.8) is 0 Å². The smallest absolute Gasteiger partial charge is 0.184 e. The van der Waals surface area contributed by atoms with Gasteiger partial charge >= 0.3 is 0 Å². The van der Waals surface area contributed by atoms with E-state index in [0.717, 1.165) is 27.3 Å². The van der Waals surface area contributed by atoms with Gasteiger partial charge in [-0.2, -0.15) is 0 Å². The predicted molar refractivity (Wildman–Crippen MR) is 107 cm³/mol. The number of fused-ring (bicyclic) bond motifs is 2. The first kappa shape index (κ1) is 16.4. The van der Waals surface area contributed by atoms with Crippen LogP contribution in [-0.4, -0.2) is 25.6 Å². The number of thiazole rings is 1. The third-order valence-electron chi connectivity index (χ3n) is 4.79. The maximum atomic E-state index is 13.3. The Labute approximate surface area is 159 Å². The monoisotopic (exact) mass is 379 g/mol. The van der Waals surface area contributed by atoms with E-state index in [2.05, 4.69) is 45.6 Å². The Kier molecular flexibility index (Phi) is 4.09. The molecule has 1 aliphatic carbocycles. The van der Waals surface area contributed by atoms with Crippen molar-refractivity contribution < 1.29 is 4.39 Å². The number of anilines is 1. The summed E-state index contributed by atoms with van der Waals surface area (Å²) in [6, 6.07) is 8.06. The second-order valence-electron chi connectivity index (χ2n) is 6.80. The van der Waals surface area contributed by atoms with E-state index in [1.165, 1.54) is 25.1 Å². The van der Waals surface area contributed by atoms with Gasteiger partial charge in [0.05, 0.1) is 29.3 Å². The van der Waals surface area contributed by atoms with Gasteiger partial charge < -0.3 is 9.88 Å². The first-order chi connectivity index (χ1) is 13.2. The summed E-state index contributed by atoms with van der Waals surface area (Å²) in [7, 11) is 0. The van der Waals surface area contributed by atoms with Gasteiger partial charge in [-0.15, -0.1) is 0 Å². The molecule has 1 aromatic carbocycles. The summed E-state index contributed by atoms with van der Waals surface area (Å²) in [5.74, 6) is -0.369. The van der Waals surface area contributed by atoms with Crippen molar-refractivity contribution in [1.82, 2.24) is 19.5 Å². The SMILES string of the molecule is Fc1cnc2c(c1)ncn2Cc1ccc2nc(NC3C=CCCC3)sc2c1. The normalized spacial score (nSPS) is 17.0. The molecule has 1 aliphatic rings. The molecule has 0 saturated heterocycles. The minimum Gasteiger partial charge on any atom is -0.355 e. The van der Waals surface area contributed by atoms with Gasteiger partial charge in [0, 0.05) is 12.1 Å². The molecule has 0 aliphatic heterocycles. The Bertz CT molecular complexity index is 1150. The van der Waals surface area contributed by atoms with Crippen molar-refractivity contribution in [2.45, 2.75) is 31.8 Å². The lowest BCUT2D eigenvalue weighted by Gasteiger charge is -2.16. The molecule has 7 heteroatoms. The number of pyridine rings is 1. The number of nitrogens with zero attached hydrogens (tertiary/aromatic N) is 4. The Balaban J connectivity index is 1.40. The standard InChI is InChI=1S/C20H18FN5S/c21-14-9-17-19(22-10-14)26(12-23-17)11-13-6-7-16-18(8-13)27-20(25-16)24-15-4-2-1-3-5-15/h2,4,6-10,12,15H,1,3,5,11H2,(H,24,25). The number of hydrogen-bond acceptors (Lipinski definition) is 5. The van der Waals surface area contributed by atoms with Crippen molar-refractivity contribution in [2.24, 2.45) is 0 Å². The van der Waals surface area contributed by atoms with Crippen LogP contribution in [0.4, 0.5) is 9.52 Å². The van der Waals surface area contributed by atoms with Gasteiger partial charge in [-0.3, -0.25) is 0 Å². The zero-order valence-electron chi connectivity index (χ0n) is 14.6. The topological polar surface area (TPSA) is 55.6 Å². The highest BCUT2D eigenvalue weighted by molar-refractivity contribution is 7.22.